The lowest BCUT2D eigenvalue weighted by atomic mass is 10.1. The number of hydrogen-bond donors (Lipinski definition) is 4. The summed E-state index contributed by atoms with van der Waals surface area (Å²) in [6.07, 6.45) is -5.90. The molecule has 1 aromatic heterocycles. The number of nitriles is 1. The van der Waals surface area contributed by atoms with Gasteiger partial charge in [-0.15, -0.1) is 0 Å². The number of carbonyl (C=O) groups is 1. The summed E-state index contributed by atoms with van der Waals surface area (Å²) in [6, 6.07) is 11.3. The maximum absolute atomic E-state index is 13.2. The second-order valence-corrected chi connectivity index (χ2v) is 7.19. The molecule has 12 heteroatoms. The molecule has 0 aliphatic rings. The van der Waals surface area contributed by atoms with E-state index in [1.165, 1.54) is 42.5 Å². The largest absolute Gasteiger partial charge is 0.457 e. The number of ether oxygens (including phenoxy) is 1. The van der Waals surface area contributed by atoms with Gasteiger partial charge in [0.2, 0.25) is 0 Å². The van der Waals surface area contributed by atoms with Gasteiger partial charge in [0.25, 0.3) is 5.91 Å². The Bertz CT molecular complexity index is 1240. The van der Waals surface area contributed by atoms with Crippen molar-refractivity contribution in [3.8, 4) is 29.0 Å². The number of rotatable bonds is 7. The average Bonchev–Trinajstić information content (AvgIpc) is 2.78. The molecule has 9 nitrogen and oxygen atoms in total. The summed E-state index contributed by atoms with van der Waals surface area (Å²) >= 11 is 0. The quantitative estimate of drug-likeness (QED) is 0.382. The molecule has 0 saturated heterocycles. The molecular weight excluding hydrogens is 453 g/mol. The molecule has 0 aliphatic heterocycles. The van der Waals surface area contributed by atoms with Gasteiger partial charge in [0.05, 0.1) is 23.2 Å². The number of nitrogens with one attached hydrogen (secondary N) is 1. The number of primary amides is 1. The van der Waals surface area contributed by atoms with E-state index in [2.05, 4.69) is 15.3 Å². The number of halogens is 3. The van der Waals surface area contributed by atoms with E-state index in [1.807, 2.05) is 0 Å². The van der Waals surface area contributed by atoms with Crippen molar-refractivity contribution in [2.24, 2.45) is 11.5 Å². The summed E-state index contributed by atoms with van der Waals surface area (Å²) in [5.74, 6) is -0.359. The van der Waals surface area contributed by atoms with E-state index in [0.717, 1.165) is 12.1 Å². The van der Waals surface area contributed by atoms with Crippen LogP contribution in [0.15, 0.2) is 48.5 Å². The Kier molecular flexibility index (Phi) is 7.00. The van der Waals surface area contributed by atoms with Crippen LogP contribution in [0.3, 0.4) is 0 Å². The molecular formula is C22H19F3N6O3. The van der Waals surface area contributed by atoms with Crippen LogP contribution in [0.5, 0.6) is 11.5 Å². The normalized spacial score (nSPS) is 13.0. The van der Waals surface area contributed by atoms with Gasteiger partial charge in [-0.05, 0) is 49.4 Å². The number of alkyl halides is 3. The lowest BCUT2D eigenvalue weighted by Gasteiger charge is -2.17. The van der Waals surface area contributed by atoms with Crippen molar-refractivity contribution >= 4 is 11.7 Å². The Hall–Kier alpha value is -4.21. The summed E-state index contributed by atoms with van der Waals surface area (Å²) in [6.45, 7) is 1.61. The van der Waals surface area contributed by atoms with Crippen LogP contribution in [0, 0.1) is 11.3 Å². The first kappa shape index (κ1) is 24.4. The van der Waals surface area contributed by atoms with Crippen LogP contribution in [0.1, 0.15) is 28.5 Å². The maximum atomic E-state index is 13.2. The zero-order valence-corrected chi connectivity index (χ0v) is 17.7. The van der Waals surface area contributed by atoms with Gasteiger partial charge in [-0.1, -0.05) is 0 Å². The Morgan fingerprint density at radius 3 is 2.35 bits per heavy atom. The first-order valence-electron chi connectivity index (χ1n) is 9.76. The van der Waals surface area contributed by atoms with Crippen LogP contribution in [0.25, 0.3) is 11.4 Å². The monoisotopic (exact) mass is 472 g/mol. The fraction of sp³-hybridized carbons (Fsp3) is 0.182. The van der Waals surface area contributed by atoms with E-state index in [9.17, 15) is 23.1 Å². The van der Waals surface area contributed by atoms with E-state index in [4.69, 9.17) is 21.5 Å². The highest BCUT2D eigenvalue weighted by Gasteiger charge is 2.34. The SMILES string of the molecule is C[C@H](Nc1cc(C(N)=O)nc(-c2ccc(Oc3ccc(C#N)c(C(F)(F)F)c3)cc2)n1)C(N)O. The zero-order chi connectivity index (χ0) is 25.0. The van der Waals surface area contributed by atoms with E-state index in [1.54, 1.807) is 6.92 Å². The molecule has 34 heavy (non-hydrogen) atoms. The first-order valence-corrected chi connectivity index (χ1v) is 9.76. The van der Waals surface area contributed by atoms with Crippen molar-refractivity contribution in [3.63, 3.8) is 0 Å². The van der Waals surface area contributed by atoms with Crippen LogP contribution in [0.2, 0.25) is 0 Å². The van der Waals surface area contributed by atoms with Crippen molar-refractivity contribution in [1.82, 2.24) is 9.97 Å². The second kappa shape index (κ2) is 9.74. The number of aliphatic hydroxyl groups excluding tert-OH is 1. The predicted molar refractivity (Wildman–Crippen MR) is 115 cm³/mol. The minimum atomic E-state index is -4.71. The fourth-order valence-corrected chi connectivity index (χ4v) is 2.82. The van der Waals surface area contributed by atoms with Gasteiger partial charge < -0.3 is 26.6 Å². The summed E-state index contributed by atoms with van der Waals surface area (Å²) < 4.78 is 45.0. The Balaban J connectivity index is 1.88. The highest BCUT2D eigenvalue weighted by Crippen LogP contribution is 2.35. The molecule has 0 aliphatic carbocycles. The number of aliphatic hydroxyl groups is 1. The predicted octanol–water partition coefficient (Wildman–Crippen LogP) is 3.00. The minimum Gasteiger partial charge on any atom is -0.457 e. The van der Waals surface area contributed by atoms with Gasteiger partial charge >= 0.3 is 6.18 Å². The van der Waals surface area contributed by atoms with E-state index >= 15 is 0 Å². The van der Waals surface area contributed by atoms with Crippen LogP contribution < -0.4 is 21.5 Å². The standard InChI is InChI=1S/C22H19F3N6O3/c1-11(19(27)32)29-18-9-17(20(28)33)30-21(31-18)12-2-5-14(6-3-12)34-15-7-4-13(10-26)16(8-15)22(23,24)25/h2-9,11,19,32H,27H2,1H3,(H2,28,33)(H,29,30,31)/t11-,19?/m0/s1. The molecule has 0 saturated carbocycles. The van der Waals surface area contributed by atoms with Crippen molar-refractivity contribution in [2.75, 3.05) is 5.32 Å². The molecule has 176 valence electrons. The third kappa shape index (κ3) is 5.77. The van der Waals surface area contributed by atoms with Crippen molar-refractivity contribution in [3.05, 3.63) is 65.4 Å². The second-order valence-electron chi connectivity index (χ2n) is 7.19. The molecule has 3 aromatic rings. The summed E-state index contributed by atoms with van der Waals surface area (Å²) in [5, 5.41) is 21.2. The van der Waals surface area contributed by atoms with E-state index < -0.39 is 35.5 Å². The minimum absolute atomic E-state index is 0.0798. The fourth-order valence-electron chi connectivity index (χ4n) is 2.82. The Labute approximate surface area is 191 Å². The number of anilines is 1. The van der Waals surface area contributed by atoms with Crippen molar-refractivity contribution in [2.45, 2.75) is 25.4 Å². The van der Waals surface area contributed by atoms with Gasteiger partial charge in [0.1, 0.15) is 29.2 Å². The lowest BCUT2D eigenvalue weighted by Crippen LogP contribution is -2.38. The van der Waals surface area contributed by atoms with Gasteiger partial charge in [-0.2, -0.15) is 18.4 Å². The number of hydrogen-bond acceptors (Lipinski definition) is 8. The van der Waals surface area contributed by atoms with Gasteiger partial charge in [-0.3, -0.25) is 4.79 Å². The molecule has 3 rings (SSSR count). The molecule has 0 bridgehead atoms. The molecule has 0 spiro atoms. The smallest absolute Gasteiger partial charge is 0.417 e. The molecule has 1 amide bonds. The van der Waals surface area contributed by atoms with Crippen molar-refractivity contribution in [1.29, 1.82) is 5.26 Å². The number of amides is 1. The third-order valence-corrected chi connectivity index (χ3v) is 4.63. The molecule has 1 unspecified atom stereocenters. The van der Waals surface area contributed by atoms with E-state index in [0.29, 0.717) is 5.56 Å². The van der Waals surface area contributed by atoms with Crippen LogP contribution in [-0.4, -0.2) is 33.3 Å². The molecule has 2 atom stereocenters. The lowest BCUT2D eigenvalue weighted by molar-refractivity contribution is -0.137. The molecule has 6 N–H and O–H groups in total. The van der Waals surface area contributed by atoms with Crippen LogP contribution >= 0.6 is 0 Å². The number of aromatic nitrogens is 2. The van der Waals surface area contributed by atoms with Crippen LogP contribution in [0.4, 0.5) is 19.0 Å². The van der Waals surface area contributed by atoms with Gasteiger partial charge in [-0.25, -0.2) is 9.97 Å². The molecule has 0 radical (unpaired) electrons. The van der Waals surface area contributed by atoms with Crippen molar-refractivity contribution < 1.29 is 27.8 Å². The van der Waals surface area contributed by atoms with E-state index in [-0.39, 0.29) is 28.8 Å². The topological polar surface area (TPSA) is 160 Å². The zero-order valence-electron chi connectivity index (χ0n) is 17.7. The number of nitrogens with zero attached hydrogens (tertiary/aromatic N) is 3. The molecule has 2 aromatic carbocycles. The van der Waals surface area contributed by atoms with Crippen LogP contribution in [-0.2, 0) is 6.18 Å². The summed E-state index contributed by atoms with van der Waals surface area (Å²) in [4.78, 5) is 20.1. The average molecular weight is 472 g/mol. The number of nitrogens with two attached hydrogens (primary N) is 2. The first-order chi connectivity index (χ1) is 16.0. The highest BCUT2D eigenvalue weighted by molar-refractivity contribution is 5.92. The summed E-state index contributed by atoms with van der Waals surface area (Å²) in [7, 11) is 0. The Morgan fingerprint density at radius 2 is 1.79 bits per heavy atom. The number of carbonyl (C=O) groups excluding carboxylic acids is 1. The highest BCUT2D eigenvalue weighted by atomic mass is 19.4. The molecule has 1 heterocycles. The maximum Gasteiger partial charge on any atom is 0.417 e. The number of benzene rings is 2. The van der Waals surface area contributed by atoms with Gasteiger partial charge in [0, 0.05) is 11.6 Å². The Morgan fingerprint density at radius 1 is 1.15 bits per heavy atom. The van der Waals surface area contributed by atoms with Gasteiger partial charge in [0.15, 0.2) is 5.82 Å². The molecule has 0 fully saturated rings. The summed E-state index contributed by atoms with van der Waals surface area (Å²) in [5.41, 5.74) is 9.53. The third-order valence-electron chi connectivity index (χ3n) is 4.63.